The summed E-state index contributed by atoms with van der Waals surface area (Å²) < 4.78 is 19.6. The molecule has 0 unspecified atom stereocenters. The summed E-state index contributed by atoms with van der Waals surface area (Å²) in [7, 11) is 1.55. The summed E-state index contributed by atoms with van der Waals surface area (Å²) >= 11 is 0. The first-order valence-corrected chi connectivity index (χ1v) is 7.14. The van der Waals surface area contributed by atoms with Crippen molar-refractivity contribution in [3.63, 3.8) is 0 Å². The van der Waals surface area contributed by atoms with E-state index in [1.807, 2.05) is 0 Å². The zero-order valence-corrected chi connectivity index (χ0v) is 12.8. The van der Waals surface area contributed by atoms with Crippen molar-refractivity contribution in [1.29, 1.82) is 0 Å². The first kappa shape index (κ1) is 15.7. The van der Waals surface area contributed by atoms with E-state index in [2.05, 4.69) is 10.1 Å². The molecule has 0 aliphatic carbocycles. The van der Waals surface area contributed by atoms with E-state index in [4.69, 9.17) is 9.84 Å². The third-order valence-corrected chi connectivity index (χ3v) is 3.39. The SMILES string of the molecule is COc1cccc(-c2nc(-c3ccc(F)cc3)nn2CC(=O)O)c1. The molecule has 3 aromatic rings. The van der Waals surface area contributed by atoms with Crippen molar-refractivity contribution in [2.24, 2.45) is 0 Å². The highest BCUT2D eigenvalue weighted by molar-refractivity contribution is 5.69. The van der Waals surface area contributed by atoms with Crippen LogP contribution in [0.2, 0.25) is 0 Å². The Balaban J connectivity index is 2.09. The number of rotatable bonds is 5. The molecule has 1 aromatic heterocycles. The molecule has 0 aliphatic heterocycles. The van der Waals surface area contributed by atoms with Crippen molar-refractivity contribution >= 4 is 5.97 Å². The van der Waals surface area contributed by atoms with Crippen LogP contribution >= 0.6 is 0 Å². The summed E-state index contributed by atoms with van der Waals surface area (Å²) in [6.07, 6.45) is 0. The van der Waals surface area contributed by atoms with Crippen LogP contribution in [0.15, 0.2) is 48.5 Å². The maximum atomic E-state index is 13.1. The molecule has 0 spiro atoms. The number of aromatic nitrogens is 3. The van der Waals surface area contributed by atoms with Gasteiger partial charge in [0.25, 0.3) is 0 Å². The van der Waals surface area contributed by atoms with Crippen LogP contribution in [0.25, 0.3) is 22.8 Å². The van der Waals surface area contributed by atoms with Crippen molar-refractivity contribution in [3.8, 4) is 28.5 Å². The third-order valence-electron chi connectivity index (χ3n) is 3.39. The molecule has 7 heteroatoms. The van der Waals surface area contributed by atoms with E-state index in [-0.39, 0.29) is 12.4 Å². The lowest BCUT2D eigenvalue weighted by atomic mass is 10.2. The van der Waals surface area contributed by atoms with Crippen molar-refractivity contribution < 1.29 is 19.0 Å². The van der Waals surface area contributed by atoms with E-state index < -0.39 is 5.97 Å². The summed E-state index contributed by atoms with van der Waals surface area (Å²) in [6, 6.07) is 12.8. The molecule has 0 aliphatic rings. The second-order valence-electron chi connectivity index (χ2n) is 5.05. The van der Waals surface area contributed by atoms with Crippen molar-refractivity contribution in [3.05, 3.63) is 54.3 Å². The van der Waals surface area contributed by atoms with Gasteiger partial charge in [0.1, 0.15) is 18.1 Å². The Kier molecular flexibility index (Phi) is 4.24. The molecule has 24 heavy (non-hydrogen) atoms. The molecule has 0 fully saturated rings. The lowest BCUT2D eigenvalue weighted by Gasteiger charge is -2.05. The molecule has 0 saturated carbocycles. The second kappa shape index (κ2) is 6.49. The molecule has 1 N–H and O–H groups in total. The maximum absolute atomic E-state index is 13.1. The number of hydrogen-bond acceptors (Lipinski definition) is 4. The standard InChI is InChI=1S/C17H14FN3O3/c1-24-14-4-2-3-12(9-14)17-19-16(20-21(17)10-15(22)23)11-5-7-13(18)8-6-11/h2-9H,10H2,1H3,(H,22,23). The Morgan fingerprint density at radius 2 is 1.96 bits per heavy atom. The monoisotopic (exact) mass is 327 g/mol. The number of nitrogens with zero attached hydrogens (tertiary/aromatic N) is 3. The average Bonchev–Trinajstić information content (AvgIpc) is 2.98. The fourth-order valence-corrected chi connectivity index (χ4v) is 2.28. The lowest BCUT2D eigenvalue weighted by Crippen LogP contribution is -2.11. The van der Waals surface area contributed by atoms with Gasteiger partial charge >= 0.3 is 5.97 Å². The zero-order chi connectivity index (χ0) is 17.1. The molecule has 0 bridgehead atoms. The Bertz CT molecular complexity index is 875. The van der Waals surface area contributed by atoms with E-state index in [0.717, 1.165) is 0 Å². The molecular formula is C17H14FN3O3. The lowest BCUT2D eigenvalue weighted by molar-refractivity contribution is -0.137. The van der Waals surface area contributed by atoms with Gasteiger partial charge in [-0.2, -0.15) is 0 Å². The van der Waals surface area contributed by atoms with Gasteiger partial charge in [-0.05, 0) is 36.4 Å². The summed E-state index contributed by atoms with van der Waals surface area (Å²) in [5.74, 6) is -0.0446. The fourth-order valence-electron chi connectivity index (χ4n) is 2.28. The third kappa shape index (κ3) is 3.24. The van der Waals surface area contributed by atoms with Crippen molar-refractivity contribution in [2.45, 2.75) is 6.54 Å². The van der Waals surface area contributed by atoms with Gasteiger partial charge in [-0.25, -0.2) is 14.1 Å². The number of halogens is 1. The normalized spacial score (nSPS) is 10.6. The smallest absolute Gasteiger partial charge is 0.325 e. The van der Waals surface area contributed by atoms with Crippen LogP contribution in [-0.2, 0) is 11.3 Å². The van der Waals surface area contributed by atoms with Crippen LogP contribution in [0.3, 0.4) is 0 Å². The minimum atomic E-state index is -1.03. The molecule has 122 valence electrons. The fraction of sp³-hybridized carbons (Fsp3) is 0.118. The summed E-state index contributed by atoms with van der Waals surface area (Å²) in [5, 5.41) is 13.3. The predicted molar refractivity (Wildman–Crippen MR) is 85.0 cm³/mol. The van der Waals surface area contributed by atoms with Crippen molar-refractivity contribution in [1.82, 2.24) is 14.8 Å². The van der Waals surface area contributed by atoms with E-state index in [1.165, 1.54) is 16.8 Å². The van der Waals surface area contributed by atoms with Crippen LogP contribution < -0.4 is 4.74 Å². The van der Waals surface area contributed by atoms with E-state index in [9.17, 15) is 9.18 Å². The molecule has 3 rings (SSSR count). The maximum Gasteiger partial charge on any atom is 0.325 e. The average molecular weight is 327 g/mol. The molecule has 2 aromatic carbocycles. The van der Waals surface area contributed by atoms with Gasteiger partial charge in [0.05, 0.1) is 7.11 Å². The largest absolute Gasteiger partial charge is 0.497 e. The number of methoxy groups -OCH3 is 1. The van der Waals surface area contributed by atoms with E-state index in [1.54, 1.807) is 43.5 Å². The Labute approximate surface area is 137 Å². The molecular weight excluding hydrogens is 313 g/mol. The van der Waals surface area contributed by atoms with Gasteiger partial charge in [0.2, 0.25) is 0 Å². The highest BCUT2D eigenvalue weighted by Gasteiger charge is 2.16. The first-order chi connectivity index (χ1) is 11.6. The summed E-state index contributed by atoms with van der Waals surface area (Å²) in [6.45, 7) is -0.333. The molecule has 0 amide bonds. The van der Waals surface area contributed by atoms with Crippen LogP contribution in [0.1, 0.15) is 0 Å². The van der Waals surface area contributed by atoms with Gasteiger partial charge in [0.15, 0.2) is 11.6 Å². The molecule has 6 nitrogen and oxygen atoms in total. The summed E-state index contributed by atoms with van der Waals surface area (Å²) in [4.78, 5) is 15.5. The Morgan fingerprint density at radius 3 is 2.62 bits per heavy atom. The molecule has 0 saturated heterocycles. The number of carboxylic acid groups (broad SMARTS) is 1. The quantitative estimate of drug-likeness (QED) is 0.780. The van der Waals surface area contributed by atoms with Gasteiger partial charge in [-0.15, -0.1) is 5.10 Å². The highest BCUT2D eigenvalue weighted by atomic mass is 19.1. The number of carbonyl (C=O) groups is 1. The van der Waals surface area contributed by atoms with Gasteiger partial charge in [-0.3, -0.25) is 4.79 Å². The van der Waals surface area contributed by atoms with Gasteiger partial charge < -0.3 is 9.84 Å². The summed E-state index contributed by atoms with van der Waals surface area (Å²) in [5.41, 5.74) is 1.28. The second-order valence-corrected chi connectivity index (χ2v) is 5.05. The highest BCUT2D eigenvalue weighted by Crippen LogP contribution is 2.25. The number of aliphatic carboxylic acids is 1. The Morgan fingerprint density at radius 1 is 1.21 bits per heavy atom. The predicted octanol–water partition coefficient (Wildman–Crippen LogP) is 2.84. The number of hydrogen-bond donors (Lipinski definition) is 1. The van der Waals surface area contributed by atoms with Gasteiger partial charge in [0, 0.05) is 11.1 Å². The number of ether oxygens (including phenoxy) is 1. The molecule has 0 atom stereocenters. The number of benzene rings is 2. The minimum absolute atomic E-state index is 0.328. The number of carboxylic acids is 1. The minimum Gasteiger partial charge on any atom is -0.497 e. The molecule has 1 heterocycles. The van der Waals surface area contributed by atoms with Crippen molar-refractivity contribution in [2.75, 3.05) is 7.11 Å². The topological polar surface area (TPSA) is 77.2 Å². The van der Waals surface area contributed by atoms with Crippen LogP contribution in [-0.4, -0.2) is 33.0 Å². The van der Waals surface area contributed by atoms with E-state index >= 15 is 0 Å². The first-order valence-electron chi connectivity index (χ1n) is 7.14. The Hall–Kier alpha value is -3.22. The van der Waals surface area contributed by atoms with Gasteiger partial charge in [-0.1, -0.05) is 12.1 Å². The zero-order valence-electron chi connectivity index (χ0n) is 12.8. The van der Waals surface area contributed by atoms with Crippen LogP contribution in [0.5, 0.6) is 5.75 Å². The van der Waals surface area contributed by atoms with Crippen LogP contribution in [0.4, 0.5) is 4.39 Å². The van der Waals surface area contributed by atoms with E-state index in [0.29, 0.717) is 28.5 Å². The molecule has 0 radical (unpaired) electrons. The van der Waals surface area contributed by atoms with Crippen LogP contribution in [0, 0.1) is 5.82 Å².